The number of imide groups is 1. The van der Waals surface area contributed by atoms with E-state index in [1.807, 2.05) is 0 Å². The molecule has 0 aliphatic heterocycles. The van der Waals surface area contributed by atoms with E-state index in [0.29, 0.717) is 18.3 Å². The predicted octanol–water partition coefficient (Wildman–Crippen LogP) is 2.02. The third kappa shape index (κ3) is 4.28. The summed E-state index contributed by atoms with van der Waals surface area (Å²) in [6, 6.07) is -0.395. The molecule has 4 bridgehead atoms. The molecule has 0 radical (unpaired) electrons. The lowest BCUT2D eigenvalue weighted by Gasteiger charge is -2.60. The zero-order valence-electron chi connectivity index (χ0n) is 15.8. The summed E-state index contributed by atoms with van der Waals surface area (Å²) in [5.41, 5.74) is -0.785. The monoisotopic (exact) mass is 378 g/mol. The largest absolute Gasteiger partial charge is 0.456 e. The highest BCUT2D eigenvalue weighted by Gasteiger charge is 2.57. The van der Waals surface area contributed by atoms with Gasteiger partial charge in [-0.15, -0.1) is 0 Å². The molecular formula is C20H30N2O5. The van der Waals surface area contributed by atoms with E-state index in [-0.39, 0.29) is 17.9 Å². The molecule has 0 heterocycles. The lowest BCUT2D eigenvalue weighted by Crippen LogP contribution is -2.56. The van der Waals surface area contributed by atoms with E-state index >= 15 is 0 Å². The van der Waals surface area contributed by atoms with Crippen LogP contribution in [0.15, 0.2) is 0 Å². The number of esters is 1. The molecular weight excluding hydrogens is 348 g/mol. The van der Waals surface area contributed by atoms with E-state index in [0.717, 1.165) is 57.8 Å². The first-order chi connectivity index (χ1) is 12.8. The fraction of sp³-hybridized carbons (Fsp3) is 0.850. The summed E-state index contributed by atoms with van der Waals surface area (Å²) in [4.78, 5) is 36.0. The number of carbonyl (C=O) groups is 3. The molecule has 3 N–H and O–H groups in total. The molecule has 5 aliphatic rings. The van der Waals surface area contributed by atoms with Crippen molar-refractivity contribution < 1.29 is 24.2 Å². The Labute approximate surface area is 159 Å². The molecule has 0 saturated heterocycles. The van der Waals surface area contributed by atoms with Crippen LogP contribution in [0.2, 0.25) is 0 Å². The summed E-state index contributed by atoms with van der Waals surface area (Å²) < 4.78 is 5.13. The van der Waals surface area contributed by atoms with Crippen molar-refractivity contribution in [1.82, 2.24) is 10.6 Å². The minimum absolute atomic E-state index is 0.127. The summed E-state index contributed by atoms with van der Waals surface area (Å²) in [6.45, 7) is -0.440. The Balaban J connectivity index is 1.22. The fourth-order valence-corrected chi connectivity index (χ4v) is 6.57. The second-order valence-corrected chi connectivity index (χ2v) is 9.53. The molecule has 0 aromatic rings. The van der Waals surface area contributed by atoms with Gasteiger partial charge in [0.25, 0.3) is 5.91 Å². The second kappa shape index (κ2) is 7.08. The normalized spacial score (nSPS) is 37.2. The molecule has 7 heteroatoms. The number of hydrogen-bond acceptors (Lipinski definition) is 5. The topological polar surface area (TPSA) is 105 Å². The van der Waals surface area contributed by atoms with Crippen molar-refractivity contribution in [2.75, 3.05) is 6.61 Å². The number of rotatable bonds is 5. The van der Waals surface area contributed by atoms with Crippen LogP contribution in [-0.2, 0) is 14.3 Å². The molecule has 2 unspecified atom stereocenters. The SMILES string of the molecule is O=C(COC(=O)CC12C[C@@H]3C[C@@H](CC(O)(C3)C1)C2)NC(=O)NC1CCCC1. The third-order valence-electron chi connectivity index (χ3n) is 6.98. The van der Waals surface area contributed by atoms with Gasteiger partial charge in [-0.2, -0.15) is 0 Å². The van der Waals surface area contributed by atoms with Crippen molar-refractivity contribution in [2.45, 2.75) is 82.3 Å². The summed E-state index contributed by atoms with van der Waals surface area (Å²) in [7, 11) is 0. The Morgan fingerprint density at radius 3 is 2.33 bits per heavy atom. The highest BCUT2D eigenvalue weighted by molar-refractivity contribution is 5.95. The first-order valence-corrected chi connectivity index (χ1v) is 10.3. The number of ether oxygens (including phenoxy) is 1. The summed E-state index contributed by atoms with van der Waals surface area (Å²) >= 11 is 0. The molecule has 27 heavy (non-hydrogen) atoms. The first-order valence-electron chi connectivity index (χ1n) is 10.3. The lowest BCUT2D eigenvalue weighted by molar-refractivity contribution is -0.177. The van der Waals surface area contributed by atoms with Crippen LogP contribution in [0, 0.1) is 17.3 Å². The van der Waals surface area contributed by atoms with E-state index < -0.39 is 30.1 Å². The van der Waals surface area contributed by atoms with Gasteiger partial charge in [-0.05, 0) is 68.6 Å². The van der Waals surface area contributed by atoms with Gasteiger partial charge in [0.1, 0.15) is 0 Å². The van der Waals surface area contributed by atoms with Gasteiger partial charge >= 0.3 is 12.0 Å². The van der Waals surface area contributed by atoms with Gasteiger partial charge in [0.05, 0.1) is 12.0 Å². The number of nitrogens with one attached hydrogen (secondary N) is 2. The molecule has 4 atom stereocenters. The van der Waals surface area contributed by atoms with Crippen molar-refractivity contribution in [3.05, 3.63) is 0 Å². The third-order valence-corrected chi connectivity index (χ3v) is 6.98. The van der Waals surface area contributed by atoms with Crippen LogP contribution in [-0.4, -0.2) is 41.3 Å². The van der Waals surface area contributed by atoms with Gasteiger partial charge < -0.3 is 15.2 Å². The number of carbonyl (C=O) groups excluding carboxylic acids is 3. The van der Waals surface area contributed by atoms with Crippen molar-refractivity contribution >= 4 is 17.9 Å². The Kier molecular flexibility index (Phi) is 4.91. The molecule has 0 aromatic carbocycles. The smallest absolute Gasteiger partial charge is 0.321 e. The van der Waals surface area contributed by atoms with Crippen LogP contribution in [0.4, 0.5) is 4.79 Å². The van der Waals surface area contributed by atoms with Gasteiger partial charge in [0.2, 0.25) is 0 Å². The van der Waals surface area contributed by atoms with E-state index in [4.69, 9.17) is 4.74 Å². The standard InChI is InChI=1S/C20H30N2O5/c23-16(22-18(25)21-15-3-1-2-4-15)11-27-17(24)10-19-6-13-5-14(7-19)9-20(26,8-13)12-19/h13-15,26H,1-12H2,(H2,21,22,23,25)/t13-,14+,19?,20?. The van der Waals surface area contributed by atoms with E-state index in [2.05, 4.69) is 10.6 Å². The summed E-state index contributed by atoms with van der Waals surface area (Å²) in [5, 5.41) is 15.7. The molecule has 5 saturated carbocycles. The van der Waals surface area contributed by atoms with Crippen LogP contribution < -0.4 is 10.6 Å². The number of hydrogen-bond donors (Lipinski definition) is 3. The summed E-state index contributed by atoms with van der Waals surface area (Å²) in [5.74, 6) is -0.00634. The summed E-state index contributed by atoms with van der Waals surface area (Å²) in [6.07, 6.45) is 9.80. The van der Waals surface area contributed by atoms with Gasteiger partial charge in [-0.3, -0.25) is 14.9 Å². The quantitative estimate of drug-likeness (QED) is 0.635. The Hall–Kier alpha value is -1.63. The average molecular weight is 378 g/mol. The maximum Gasteiger partial charge on any atom is 0.321 e. The van der Waals surface area contributed by atoms with E-state index in [9.17, 15) is 19.5 Å². The maximum absolute atomic E-state index is 12.3. The highest BCUT2D eigenvalue weighted by Crippen LogP contribution is 2.62. The number of urea groups is 1. The second-order valence-electron chi connectivity index (χ2n) is 9.53. The van der Waals surface area contributed by atoms with Crippen molar-refractivity contribution in [3.63, 3.8) is 0 Å². The van der Waals surface area contributed by atoms with Gasteiger partial charge in [-0.25, -0.2) is 4.79 Å². The lowest BCUT2D eigenvalue weighted by atomic mass is 9.47. The number of aliphatic hydroxyl groups is 1. The highest BCUT2D eigenvalue weighted by atomic mass is 16.5. The minimum atomic E-state index is -0.611. The van der Waals surface area contributed by atoms with Crippen LogP contribution in [0.1, 0.15) is 70.6 Å². The molecule has 150 valence electrons. The first kappa shape index (κ1) is 18.7. The molecule has 7 nitrogen and oxygen atoms in total. The Bertz CT molecular complexity index is 614. The maximum atomic E-state index is 12.3. The van der Waals surface area contributed by atoms with E-state index in [1.54, 1.807) is 0 Å². The molecule has 0 aromatic heterocycles. The zero-order valence-corrected chi connectivity index (χ0v) is 15.8. The van der Waals surface area contributed by atoms with Crippen molar-refractivity contribution in [2.24, 2.45) is 17.3 Å². The Morgan fingerprint density at radius 2 is 1.70 bits per heavy atom. The van der Waals surface area contributed by atoms with Crippen molar-refractivity contribution in [3.8, 4) is 0 Å². The Morgan fingerprint density at radius 1 is 1.04 bits per heavy atom. The van der Waals surface area contributed by atoms with Gasteiger partial charge in [0, 0.05) is 6.04 Å². The average Bonchev–Trinajstić information content (AvgIpc) is 3.02. The van der Waals surface area contributed by atoms with Crippen LogP contribution in [0.5, 0.6) is 0 Å². The molecule has 3 amide bonds. The van der Waals surface area contributed by atoms with Crippen LogP contribution in [0.25, 0.3) is 0 Å². The van der Waals surface area contributed by atoms with Gasteiger partial charge in [0.15, 0.2) is 6.61 Å². The molecule has 0 spiro atoms. The van der Waals surface area contributed by atoms with Crippen molar-refractivity contribution in [1.29, 1.82) is 0 Å². The van der Waals surface area contributed by atoms with E-state index in [1.165, 1.54) is 0 Å². The molecule has 5 fully saturated rings. The molecule has 5 aliphatic carbocycles. The number of amides is 3. The minimum Gasteiger partial charge on any atom is -0.456 e. The van der Waals surface area contributed by atoms with Gasteiger partial charge in [-0.1, -0.05) is 12.8 Å². The molecule has 5 rings (SSSR count). The van der Waals surface area contributed by atoms with Crippen LogP contribution >= 0.6 is 0 Å². The zero-order chi connectivity index (χ0) is 19.1. The predicted molar refractivity (Wildman–Crippen MR) is 96.6 cm³/mol. The fourth-order valence-electron chi connectivity index (χ4n) is 6.57. The van der Waals surface area contributed by atoms with Crippen LogP contribution in [0.3, 0.4) is 0 Å².